The van der Waals surface area contributed by atoms with E-state index in [0.717, 1.165) is 5.33 Å². The first-order valence-corrected chi connectivity index (χ1v) is 9.04. The fourth-order valence-electron chi connectivity index (χ4n) is 1.77. The van der Waals surface area contributed by atoms with Gasteiger partial charge < -0.3 is 0 Å². The number of benzene rings is 1. The summed E-state index contributed by atoms with van der Waals surface area (Å²) in [5.41, 5.74) is 2.01. The summed E-state index contributed by atoms with van der Waals surface area (Å²) in [6.45, 7) is 13.7. The fourth-order valence-corrected chi connectivity index (χ4v) is 4.62. The normalized spacial score (nSPS) is 14.5. The third-order valence-corrected chi connectivity index (χ3v) is 5.54. The van der Waals surface area contributed by atoms with Crippen LogP contribution in [0.1, 0.15) is 47.1 Å². The molecule has 2 heteroatoms. The Balaban J connectivity index is 2.64. The predicted molar refractivity (Wildman–Crippen MR) is 92.6 cm³/mol. The molecule has 0 aromatic heterocycles. The van der Waals surface area contributed by atoms with Crippen LogP contribution in [0, 0.1) is 11.3 Å². The van der Waals surface area contributed by atoms with Crippen LogP contribution in [-0.2, 0) is 5.41 Å². The fraction of sp³-hybridized carbons (Fsp3) is 0.647. The van der Waals surface area contributed by atoms with E-state index in [1.165, 1.54) is 16.2 Å². The molecule has 0 saturated carbocycles. The molecule has 0 fully saturated rings. The minimum atomic E-state index is 0.243. The molecule has 0 saturated heterocycles. The Morgan fingerprint density at radius 2 is 1.53 bits per heavy atom. The monoisotopic (exact) mass is 342 g/mol. The molecule has 1 rings (SSSR count). The van der Waals surface area contributed by atoms with Crippen molar-refractivity contribution >= 4 is 27.7 Å². The molecule has 0 aliphatic carbocycles. The second-order valence-corrected chi connectivity index (χ2v) is 9.04. The summed E-state index contributed by atoms with van der Waals surface area (Å²) in [5.74, 6) is 1.86. The number of hydrogen-bond donors (Lipinski definition) is 0. The minimum absolute atomic E-state index is 0.243. The van der Waals surface area contributed by atoms with Crippen molar-refractivity contribution in [3.05, 3.63) is 29.8 Å². The molecule has 1 aromatic rings. The summed E-state index contributed by atoms with van der Waals surface area (Å²) >= 11 is 5.62. The Hall–Kier alpha value is 0.0500. The van der Waals surface area contributed by atoms with Gasteiger partial charge in [-0.25, -0.2) is 0 Å². The molecule has 19 heavy (non-hydrogen) atoms. The second kappa shape index (κ2) is 6.67. The van der Waals surface area contributed by atoms with Crippen LogP contribution in [-0.4, -0.2) is 11.1 Å². The summed E-state index contributed by atoms with van der Waals surface area (Å²) in [5, 5.41) is 1.07. The van der Waals surface area contributed by atoms with Gasteiger partial charge in [0, 0.05) is 16.0 Å². The Morgan fingerprint density at radius 1 is 1.00 bits per heavy atom. The predicted octanol–water partition coefficient (Wildman–Crippen LogP) is 6.13. The highest BCUT2D eigenvalue weighted by molar-refractivity contribution is 9.09. The van der Waals surface area contributed by atoms with Crippen molar-refractivity contribution < 1.29 is 0 Å². The Morgan fingerprint density at radius 3 is 1.89 bits per heavy atom. The summed E-state index contributed by atoms with van der Waals surface area (Å²) in [4.78, 5) is 1.38. The first kappa shape index (κ1) is 17.1. The van der Waals surface area contributed by atoms with Gasteiger partial charge in [0.15, 0.2) is 0 Å². The molecule has 0 heterocycles. The van der Waals surface area contributed by atoms with Crippen LogP contribution in [0.5, 0.6) is 0 Å². The average molecular weight is 343 g/mol. The van der Waals surface area contributed by atoms with E-state index in [1.54, 1.807) is 0 Å². The highest BCUT2D eigenvalue weighted by Gasteiger charge is 2.23. The highest BCUT2D eigenvalue weighted by atomic mass is 79.9. The van der Waals surface area contributed by atoms with Crippen molar-refractivity contribution in [2.45, 2.75) is 51.9 Å². The molecular formula is C17H27BrS. The molecule has 0 N–H and O–H groups in total. The van der Waals surface area contributed by atoms with Crippen molar-refractivity contribution in [2.75, 3.05) is 11.1 Å². The Labute approximate surface area is 131 Å². The maximum atomic E-state index is 3.65. The molecule has 1 aromatic carbocycles. The van der Waals surface area contributed by atoms with Gasteiger partial charge in [-0.3, -0.25) is 0 Å². The maximum Gasteiger partial charge on any atom is 0.00726 e. The van der Waals surface area contributed by atoms with Gasteiger partial charge >= 0.3 is 0 Å². The zero-order valence-corrected chi connectivity index (χ0v) is 15.5. The van der Waals surface area contributed by atoms with E-state index in [0.29, 0.717) is 11.3 Å². The topological polar surface area (TPSA) is 0 Å². The van der Waals surface area contributed by atoms with E-state index >= 15 is 0 Å². The molecule has 0 aliphatic heterocycles. The van der Waals surface area contributed by atoms with Gasteiger partial charge in [-0.1, -0.05) is 69.6 Å². The van der Waals surface area contributed by atoms with Crippen LogP contribution in [0.15, 0.2) is 29.2 Å². The van der Waals surface area contributed by atoms with E-state index in [4.69, 9.17) is 0 Å². The van der Waals surface area contributed by atoms with Crippen molar-refractivity contribution in [2.24, 2.45) is 11.3 Å². The zero-order chi connectivity index (χ0) is 14.7. The van der Waals surface area contributed by atoms with Crippen molar-refractivity contribution in [3.8, 4) is 0 Å². The molecule has 0 aliphatic rings. The Kier molecular flexibility index (Phi) is 6.00. The quantitative estimate of drug-likeness (QED) is 0.468. The lowest BCUT2D eigenvalue weighted by Crippen LogP contribution is -2.23. The van der Waals surface area contributed by atoms with Crippen LogP contribution in [0.4, 0.5) is 0 Å². The molecule has 108 valence electrons. The average Bonchev–Trinajstić information content (AvgIpc) is 2.27. The molecule has 1 unspecified atom stereocenters. The van der Waals surface area contributed by atoms with E-state index in [2.05, 4.69) is 81.7 Å². The van der Waals surface area contributed by atoms with Crippen LogP contribution >= 0.6 is 27.7 Å². The van der Waals surface area contributed by atoms with Crippen molar-refractivity contribution in [1.29, 1.82) is 0 Å². The lowest BCUT2D eigenvalue weighted by molar-refractivity contribution is 0.295. The van der Waals surface area contributed by atoms with Gasteiger partial charge in [0.1, 0.15) is 0 Å². The smallest absolute Gasteiger partial charge is 0.00726 e. The SMILES string of the molecule is CC(C)(C)c1ccc(SCC(CBr)C(C)(C)C)cc1. The van der Waals surface area contributed by atoms with Crippen LogP contribution in [0.3, 0.4) is 0 Å². The highest BCUT2D eigenvalue weighted by Crippen LogP contribution is 2.33. The third-order valence-electron chi connectivity index (χ3n) is 3.58. The number of halogens is 1. The summed E-state index contributed by atoms with van der Waals surface area (Å²) in [6.07, 6.45) is 0. The molecule has 0 radical (unpaired) electrons. The third kappa shape index (κ3) is 5.51. The van der Waals surface area contributed by atoms with E-state index < -0.39 is 0 Å². The molecule has 0 spiro atoms. The summed E-state index contributed by atoms with van der Waals surface area (Å²) < 4.78 is 0. The van der Waals surface area contributed by atoms with Crippen molar-refractivity contribution in [1.82, 2.24) is 0 Å². The van der Waals surface area contributed by atoms with Crippen LogP contribution < -0.4 is 0 Å². The van der Waals surface area contributed by atoms with Gasteiger partial charge in [-0.15, -0.1) is 11.8 Å². The second-order valence-electron chi connectivity index (χ2n) is 7.30. The Bertz CT molecular complexity index is 381. The molecule has 0 bridgehead atoms. The van der Waals surface area contributed by atoms with Gasteiger partial charge in [-0.2, -0.15) is 0 Å². The van der Waals surface area contributed by atoms with E-state index in [-0.39, 0.29) is 5.41 Å². The lowest BCUT2D eigenvalue weighted by Gasteiger charge is -2.28. The van der Waals surface area contributed by atoms with Gasteiger partial charge in [0.05, 0.1) is 0 Å². The number of rotatable bonds is 4. The molecular weight excluding hydrogens is 316 g/mol. The van der Waals surface area contributed by atoms with E-state index in [1.807, 2.05) is 11.8 Å². The maximum absolute atomic E-state index is 3.65. The first-order chi connectivity index (χ1) is 8.64. The van der Waals surface area contributed by atoms with Crippen LogP contribution in [0.25, 0.3) is 0 Å². The van der Waals surface area contributed by atoms with Gasteiger partial charge in [0.25, 0.3) is 0 Å². The van der Waals surface area contributed by atoms with Gasteiger partial charge in [-0.05, 0) is 34.4 Å². The lowest BCUT2D eigenvalue weighted by atomic mass is 9.83. The van der Waals surface area contributed by atoms with Crippen LogP contribution in [0.2, 0.25) is 0 Å². The molecule has 0 amide bonds. The minimum Gasteiger partial charge on any atom is -0.126 e. The summed E-state index contributed by atoms with van der Waals surface area (Å²) in [7, 11) is 0. The zero-order valence-electron chi connectivity index (χ0n) is 13.1. The first-order valence-electron chi connectivity index (χ1n) is 6.94. The standard InChI is InChI=1S/C17H27BrS/c1-16(2,3)13-7-9-15(10-8-13)19-12-14(11-18)17(4,5)6/h7-10,14H,11-12H2,1-6H3. The molecule has 0 nitrogen and oxygen atoms in total. The largest absolute Gasteiger partial charge is 0.126 e. The van der Waals surface area contributed by atoms with E-state index in [9.17, 15) is 0 Å². The summed E-state index contributed by atoms with van der Waals surface area (Å²) in [6, 6.07) is 9.06. The van der Waals surface area contributed by atoms with Gasteiger partial charge in [0.2, 0.25) is 0 Å². The number of hydrogen-bond acceptors (Lipinski definition) is 1. The number of thioether (sulfide) groups is 1. The molecule has 1 atom stereocenters. The number of alkyl halides is 1. The van der Waals surface area contributed by atoms with Crippen molar-refractivity contribution in [3.63, 3.8) is 0 Å².